The molecule has 3 aliphatic rings. The Morgan fingerprint density at radius 3 is 2.57 bits per heavy atom. The van der Waals surface area contributed by atoms with E-state index >= 15 is 0 Å². The molecule has 0 saturated carbocycles. The minimum atomic E-state index is -0.115. The SMILES string of the molecule is O=C(Nc1ccc(-n2cccn2)cc1)N[C@@H]1CN2CCC1CC2. The summed E-state index contributed by atoms with van der Waals surface area (Å²) in [6, 6.07) is 9.72. The number of piperidine rings is 3. The molecule has 4 heterocycles. The number of hydrogen-bond acceptors (Lipinski definition) is 3. The van der Waals surface area contributed by atoms with E-state index in [1.54, 1.807) is 10.9 Å². The second kappa shape index (κ2) is 6.04. The number of fused-ring (bicyclic) bond motifs is 3. The third kappa shape index (κ3) is 3.07. The second-order valence-corrected chi connectivity index (χ2v) is 6.34. The highest BCUT2D eigenvalue weighted by Gasteiger charge is 2.34. The number of carbonyl (C=O) groups is 1. The van der Waals surface area contributed by atoms with Gasteiger partial charge >= 0.3 is 6.03 Å². The minimum Gasteiger partial charge on any atom is -0.334 e. The second-order valence-electron chi connectivity index (χ2n) is 6.34. The van der Waals surface area contributed by atoms with Crippen molar-refractivity contribution in [3.05, 3.63) is 42.7 Å². The number of amides is 2. The summed E-state index contributed by atoms with van der Waals surface area (Å²) in [7, 11) is 0. The fraction of sp³-hybridized carbons (Fsp3) is 0.412. The van der Waals surface area contributed by atoms with Gasteiger partial charge in [0.15, 0.2) is 0 Å². The Morgan fingerprint density at radius 2 is 1.96 bits per heavy atom. The number of benzene rings is 1. The van der Waals surface area contributed by atoms with Crippen molar-refractivity contribution in [2.45, 2.75) is 18.9 Å². The van der Waals surface area contributed by atoms with Gasteiger partial charge in [0.1, 0.15) is 0 Å². The molecule has 2 bridgehead atoms. The molecule has 1 atom stereocenters. The van der Waals surface area contributed by atoms with Crippen LogP contribution in [0.4, 0.5) is 10.5 Å². The smallest absolute Gasteiger partial charge is 0.319 e. The van der Waals surface area contributed by atoms with Gasteiger partial charge in [-0.3, -0.25) is 0 Å². The maximum absolute atomic E-state index is 12.2. The molecular weight excluding hydrogens is 290 g/mol. The Morgan fingerprint density at radius 1 is 1.17 bits per heavy atom. The zero-order valence-corrected chi connectivity index (χ0v) is 13.0. The summed E-state index contributed by atoms with van der Waals surface area (Å²) in [6.45, 7) is 3.34. The molecule has 0 radical (unpaired) electrons. The van der Waals surface area contributed by atoms with E-state index in [1.807, 2.05) is 36.5 Å². The summed E-state index contributed by atoms with van der Waals surface area (Å²) in [5.74, 6) is 0.632. The summed E-state index contributed by atoms with van der Waals surface area (Å²) in [4.78, 5) is 14.6. The van der Waals surface area contributed by atoms with Gasteiger partial charge in [-0.15, -0.1) is 0 Å². The molecule has 3 saturated heterocycles. The van der Waals surface area contributed by atoms with Crippen LogP contribution in [0.1, 0.15) is 12.8 Å². The number of aromatic nitrogens is 2. The van der Waals surface area contributed by atoms with Gasteiger partial charge in [-0.05, 0) is 62.2 Å². The van der Waals surface area contributed by atoms with Crippen molar-refractivity contribution in [3.63, 3.8) is 0 Å². The van der Waals surface area contributed by atoms with Gasteiger partial charge in [0.05, 0.1) is 5.69 Å². The number of anilines is 1. The predicted octanol–water partition coefficient (Wildman–Crippen LogP) is 2.09. The van der Waals surface area contributed by atoms with E-state index in [1.165, 1.54) is 25.9 Å². The van der Waals surface area contributed by atoms with Crippen molar-refractivity contribution in [3.8, 4) is 5.69 Å². The summed E-state index contributed by atoms with van der Waals surface area (Å²) in [5, 5.41) is 10.2. The van der Waals surface area contributed by atoms with Crippen LogP contribution in [0.2, 0.25) is 0 Å². The lowest BCUT2D eigenvalue weighted by atomic mass is 9.84. The molecule has 6 nitrogen and oxygen atoms in total. The Hall–Kier alpha value is -2.34. The third-order valence-corrected chi connectivity index (χ3v) is 4.87. The van der Waals surface area contributed by atoms with E-state index in [4.69, 9.17) is 0 Å². The maximum Gasteiger partial charge on any atom is 0.319 e. The van der Waals surface area contributed by atoms with Crippen molar-refractivity contribution in [1.82, 2.24) is 20.0 Å². The van der Waals surface area contributed by atoms with Crippen LogP contribution in [0, 0.1) is 5.92 Å². The van der Waals surface area contributed by atoms with Crippen LogP contribution in [-0.2, 0) is 0 Å². The van der Waals surface area contributed by atoms with Crippen molar-refractivity contribution < 1.29 is 4.79 Å². The van der Waals surface area contributed by atoms with Gasteiger partial charge in [0, 0.05) is 30.7 Å². The van der Waals surface area contributed by atoms with Crippen molar-refractivity contribution in [2.24, 2.45) is 5.92 Å². The molecule has 120 valence electrons. The summed E-state index contributed by atoms with van der Waals surface area (Å²) in [5.41, 5.74) is 1.76. The van der Waals surface area contributed by atoms with Crippen LogP contribution in [0.15, 0.2) is 42.7 Å². The molecule has 5 rings (SSSR count). The molecule has 1 aromatic heterocycles. The van der Waals surface area contributed by atoms with Crippen LogP contribution in [0.25, 0.3) is 5.69 Å². The summed E-state index contributed by atoms with van der Waals surface area (Å²) in [6.07, 6.45) is 6.03. The monoisotopic (exact) mass is 311 g/mol. The standard InChI is InChI=1S/C17H21N5O/c23-17(20-16-12-21-10-6-13(16)7-11-21)19-14-2-4-15(5-3-14)22-9-1-8-18-22/h1-5,8-9,13,16H,6-7,10-12H2,(H2,19,20,23)/t16-/m1/s1. The normalized spacial score (nSPS) is 26.0. The number of rotatable bonds is 3. The average molecular weight is 311 g/mol. The first kappa shape index (κ1) is 14.3. The molecule has 6 heteroatoms. The van der Waals surface area contributed by atoms with Gasteiger partial charge in [-0.25, -0.2) is 9.48 Å². The van der Waals surface area contributed by atoms with E-state index in [-0.39, 0.29) is 12.1 Å². The predicted molar refractivity (Wildman–Crippen MR) is 88.7 cm³/mol. The largest absolute Gasteiger partial charge is 0.334 e. The molecule has 0 spiro atoms. The fourth-order valence-electron chi connectivity index (χ4n) is 3.58. The quantitative estimate of drug-likeness (QED) is 0.912. The first-order valence-electron chi connectivity index (χ1n) is 8.18. The van der Waals surface area contributed by atoms with Gasteiger partial charge in [0.25, 0.3) is 0 Å². The number of urea groups is 1. The van der Waals surface area contributed by atoms with E-state index in [0.717, 1.165) is 17.9 Å². The highest BCUT2D eigenvalue weighted by molar-refractivity contribution is 5.89. The molecule has 1 aromatic carbocycles. The molecule has 3 aliphatic heterocycles. The molecule has 0 unspecified atom stereocenters. The van der Waals surface area contributed by atoms with Gasteiger partial charge in [-0.1, -0.05) is 0 Å². The van der Waals surface area contributed by atoms with Gasteiger partial charge in [-0.2, -0.15) is 5.10 Å². The molecule has 2 aromatic rings. The van der Waals surface area contributed by atoms with Crippen molar-refractivity contribution in [1.29, 1.82) is 0 Å². The number of carbonyl (C=O) groups excluding carboxylic acids is 1. The molecule has 2 N–H and O–H groups in total. The average Bonchev–Trinajstić information content (AvgIpc) is 3.11. The zero-order chi connectivity index (χ0) is 15.6. The summed E-state index contributed by atoms with van der Waals surface area (Å²) >= 11 is 0. The highest BCUT2D eigenvalue weighted by atomic mass is 16.2. The lowest BCUT2D eigenvalue weighted by molar-refractivity contribution is 0.0777. The van der Waals surface area contributed by atoms with Gasteiger partial charge in [0.2, 0.25) is 0 Å². The number of nitrogens with one attached hydrogen (secondary N) is 2. The van der Waals surface area contributed by atoms with E-state index in [9.17, 15) is 4.79 Å². The molecule has 3 fully saturated rings. The Labute approximate surface area is 135 Å². The Kier molecular flexibility index (Phi) is 3.75. The highest BCUT2D eigenvalue weighted by Crippen LogP contribution is 2.27. The summed E-state index contributed by atoms with van der Waals surface area (Å²) < 4.78 is 1.79. The van der Waals surface area contributed by atoms with E-state index < -0.39 is 0 Å². The van der Waals surface area contributed by atoms with Crippen LogP contribution in [0.5, 0.6) is 0 Å². The van der Waals surface area contributed by atoms with Crippen LogP contribution >= 0.6 is 0 Å². The molecule has 0 aliphatic carbocycles. The lowest BCUT2D eigenvalue weighted by Gasteiger charge is -2.44. The third-order valence-electron chi connectivity index (χ3n) is 4.87. The molecule has 23 heavy (non-hydrogen) atoms. The minimum absolute atomic E-state index is 0.115. The van der Waals surface area contributed by atoms with E-state index in [0.29, 0.717) is 5.92 Å². The molecule has 2 amide bonds. The van der Waals surface area contributed by atoms with Crippen LogP contribution < -0.4 is 10.6 Å². The lowest BCUT2D eigenvalue weighted by Crippen LogP contribution is -2.57. The van der Waals surface area contributed by atoms with Crippen molar-refractivity contribution in [2.75, 3.05) is 25.0 Å². The number of nitrogens with zero attached hydrogens (tertiary/aromatic N) is 3. The molecular formula is C17H21N5O. The van der Waals surface area contributed by atoms with Crippen LogP contribution in [-0.4, -0.2) is 46.4 Å². The van der Waals surface area contributed by atoms with Gasteiger partial charge < -0.3 is 15.5 Å². The maximum atomic E-state index is 12.2. The first-order chi connectivity index (χ1) is 11.3. The van der Waals surface area contributed by atoms with Crippen LogP contribution in [0.3, 0.4) is 0 Å². The van der Waals surface area contributed by atoms with Crippen molar-refractivity contribution >= 4 is 11.7 Å². The first-order valence-corrected chi connectivity index (χ1v) is 8.18. The zero-order valence-electron chi connectivity index (χ0n) is 13.0. The number of hydrogen-bond donors (Lipinski definition) is 2. The topological polar surface area (TPSA) is 62.2 Å². The van der Waals surface area contributed by atoms with E-state index in [2.05, 4.69) is 20.6 Å². The fourth-order valence-corrected chi connectivity index (χ4v) is 3.58. The Bertz CT molecular complexity index is 659. The Balaban J connectivity index is 1.35.